The molecule has 0 saturated carbocycles. The molecule has 0 aliphatic rings. The highest BCUT2D eigenvalue weighted by atomic mass is 35.5. The van der Waals surface area contributed by atoms with Crippen LogP contribution in [0, 0.1) is 0 Å². The van der Waals surface area contributed by atoms with Gasteiger partial charge in [0.2, 0.25) is 5.75 Å². The molecule has 0 atom stereocenters. The van der Waals surface area contributed by atoms with Gasteiger partial charge >= 0.3 is 0 Å². The molecule has 1 N–H and O–H groups in total. The molecule has 2 rings (SSSR count). The van der Waals surface area contributed by atoms with Crippen LogP contribution in [0.4, 0.5) is 0 Å². The molecule has 0 unspecified atom stereocenters. The Hall–Kier alpha value is -2.31. The standard InChI is InChI=1S/C20H27NO5.ClH/c1-22-16-6-7-17(23-2)15(12-16)8-9-21-13-14-10-18(24-3)20(26-5)19(11-14)25-4;/h6-7,10-12,21H,8-9,13H2,1-5H3;1H. The van der Waals surface area contributed by atoms with Gasteiger partial charge in [0, 0.05) is 6.54 Å². The van der Waals surface area contributed by atoms with Crippen molar-refractivity contribution in [3.8, 4) is 28.7 Å². The summed E-state index contributed by atoms with van der Waals surface area (Å²) in [5.74, 6) is 3.59. The highest BCUT2D eigenvalue weighted by molar-refractivity contribution is 5.85. The molecule has 7 heteroatoms. The van der Waals surface area contributed by atoms with Crippen molar-refractivity contribution in [1.29, 1.82) is 0 Å². The molecule has 0 aliphatic heterocycles. The summed E-state index contributed by atoms with van der Waals surface area (Å²) in [7, 11) is 8.16. The van der Waals surface area contributed by atoms with Crippen molar-refractivity contribution in [2.75, 3.05) is 42.1 Å². The Bertz CT molecular complexity index is 699. The number of benzene rings is 2. The number of hydrogen-bond acceptors (Lipinski definition) is 6. The van der Waals surface area contributed by atoms with Gasteiger partial charge in [-0.25, -0.2) is 0 Å². The topological polar surface area (TPSA) is 58.2 Å². The summed E-state index contributed by atoms with van der Waals surface area (Å²) in [4.78, 5) is 0. The van der Waals surface area contributed by atoms with Gasteiger partial charge in [0.15, 0.2) is 11.5 Å². The van der Waals surface area contributed by atoms with Gasteiger partial charge in [-0.05, 0) is 54.4 Å². The third-order valence-corrected chi connectivity index (χ3v) is 4.11. The fourth-order valence-electron chi connectivity index (χ4n) is 2.77. The molecule has 0 amide bonds. The van der Waals surface area contributed by atoms with Crippen molar-refractivity contribution >= 4 is 12.4 Å². The van der Waals surface area contributed by atoms with E-state index < -0.39 is 0 Å². The van der Waals surface area contributed by atoms with E-state index in [1.54, 1.807) is 35.5 Å². The zero-order valence-electron chi connectivity index (χ0n) is 16.5. The molecule has 27 heavy (non-hydrogen) atoms. The van der Waals surface area contributed by atoms with Crippen molar-refractivity contribution < 1.29 is 23.7 Å². The SMILES string of the molecule is COc1ccc(OC)c(CCNCc2cc(OC)c(OC)c(OC)c2)c1.Cl. The minimum atomic E-state index is 0. The van der Waals surface area contributed by atoms with Crippen molar-refractivity contribution in [3.05, 3.63) is 41.5 Å². The third kappa shape index (κ3) is 5.84. The van der Waals surface area contributed by atoms with Crippen molar-refractivity contribution in [1.82, 2.24) is 5.32 Å². The Morgan fingerprint density at radius 2 is 1.37 bits per heavy atom. The summed E-state index contributed by atoms with van der Waals surface area (Å²) in [5, 5.41) is 3.43. The van der Waals surface area contributed by atoms with Crippen LogP contribution >= 0.6 is 12.4 Å². The number of nitrogens with one attached hydrogen (secondary N) is 1. The van der Waals surface area contributed by atoms with E-state index in [2.05, 4.69) is 5.32 Å². The van der Waals surface area contributed by atoms with Crippen molar-refractivity contribution in [2.45, 2.75) is 13.0 Å². The summed E-state index contributed by atoms with van der Waals surface area (Å²) >= 11 is 0. The second kappa shape index (κ2) is 11.4. The zero-order valence-corrected chi connectivity index (χ0v) is 17.3. The van der Waals surface area contributed by atoms with E-state index in [4.69, 9.17) is 23.7 Å². The molecule has 2 aromatic rings. The van der Waals surface area contributed by atoms with Crippen LogP contribution in [0.25, 0.3) is 0 Å². The van der Waals surface area contributed by atoms with Crippen LogP contribution in [0.1, 0.15) is 11.1 Å². The van der Waals surface area contributed by atoms with Crippen LogP contribution in [0.3, 0.4) is 0 Å². The number of halogens is 1. The Morgan fingerprint density at radius 3 is 1.89 bits per heavy atom. The maximum absolute atomic E-state index is 5.42. The van der Waals surface area contributed by atoms with Crippen LogP contribution in [-0.4, -0.2) is 42.1 Å². The number of methoxy groups -OCH3 is 5. The maximum atomic E-state index is 5.42. The first-order valence-electron chi connectivity index (χ1n) is 8.37. The molecule has 2 aromatic carbocycles. The normalized spacial score (nSPS) is 9.96. The van der Waals surface area contributed by atoms with Gasteiger partial charge in [0.05, 0.1) is 35.5 Å². The maximum Gasteiger partial charge on any atom is 0.203 e. The lowest BCUT2D eigenvalue weighted by atomic mass is 10.1. The van der Waals surface area contributed by atoms with E-state index >= 15 is 0 Å². The van der Waals surface area contributed by atoms with E-state index in [0.717, 1.165) is 35.6 Å². The van der Waals surface area contributed by atoms with E-state index in [1.807, 2.05) is 30.3 Å². The Labute approximate surface area is 167 Å². The van der Waals surface area contributed by atoms with Crippen molar-refractivity contribution in [3.63, 3.8) is 0 Å². The predicted molar refractivity (Wildman–Crippen MR) is 108 cm³/mol. The van der Waals surface area contributed by atoms with Gasteiger partial charge in [-0.2, -0.15) is 0 Å². The molecular weight excluding hydrogens is 370 g/mol. The molecule has 0 fully saturated rings. The molecular formula is C20H28ClNO5. The van der Waals surface area contributed by atoms with Crippen LogP contribution in [-0.2, 0) is 13.0 Å². The van der Waals surface area contributed by atoms with Gasteiger partial charge in [0.1, 0.15) is 11.5 Å². The number of rotatable bonds is 10. The lowest BCUT2D eigenvalue weighted by Crippen LogP contribution is -2.17. The van der Waals surface area contributed by atoms with Gasteiger partial charge in [-0.1, -0.05) is 0 Å². The van der Waals surface area contributed by atoms with E-state index in [0.29, 0.717) is 23.8 Å². The molecule has 150 valence electrons. The summed E-state index contributed by atoms with van der Waals surface area (Å²) in [6.45, 7) is 1.48. The Kier molecular flexibility index (Phi) is 9.61. The second-order valence-corrected chi connectivity index (χ2v) is 5.64. The molecule has 0 spiro atoms. The average Bonchev–Trinajstić information content (AvgIpc) is 2.69. The smallest absolute Gasteiger partial charge is 0.203 e. The minimum Gasteiger partial charge on any atom is -0.497 e. The number of ether oxygens (including phenoxy) is 5. The van der Waals surface area contributed by atoms with E-state index in [9.17, 15) is 0 Å². The predicted octanol–water partition coefficient (Wildman–Crippen LogP) is 3.48. The largest absolute Gasteiger partial charge is 0.497 e. The lowest BCUT2D eigenvalue weighted by molar-refractivity contribution is 0.323. The molecule has 0 heterocycles. The van der Waals surface area contributed by atoms with Gasteiger partial charge < -0.3 is 29.0 Å². The molecule has 0 aliphatic carbocycles. The lowest BCUT2D eigenvalue weighted by Gasteiger charge is -2.15. The third-order valence-electron chi connectivity index (χ3n) is 4.11. The quantitative estimate of drug-likeness (QED) is 0.619. The molecule has 0 aromatic heterocycles. The van der Waals surface area contributed by atoms with Crippen LogP contribution in [0.15, 0.2) is 30.3 Å². The molecule has 0 bridgehead atoms. The fourth-order valence-corrected chi connectivity index (χ4v) is 2.77. The highest BCUT2D eigenvalue weighted by Crippen LogP contribution is 2.38. The summed E-state index contributed by atoms with van der Waals surface area (Å²) < 4.78 is 26.8. The van der Waals surface area contributed by atoms with Crippen LogP contribution in [0.2, 0.25) is 0 Å². The zero-order chi connectivity index (χ0) is 18.9. The monoisotopic (exact) mass is 397 g/mol. The fraction of sp³-hybridized carbons (Fsp3) is 0.400. The minimum absolute atomic E-state index is 0. The van der Waals surface area contributed by atoms with Gasteiger partial charge in [-0.15, -0.1) is 12.4 Å². The Balaban J connectivity index is 0.00000364. The van der Waals surface area contributed by atoms with Crippen LogP contribution < -0.4 is 29.0 Å². The molecule has 0 radical (unpaired) electrons. The van der Waals surface area contributed by atoms with Crippen LogP contribution in [0.5, 0.6) is 28.7 Å². The summed E-state index contributed by atoms with van der Waals surface area (Å²) in [5.41, 5.74) is 2.15. The van der Waals surface area contributed by atoms with Crippen molar-refractivity contribution in [2.24, 2.45) is 0 Å². The van der Waals surface area contributed by atoms with Gasteiger partial charge in [-0.3, -0.25) is 0 Å². The summed E-state index contributed by atoms with van der Waals surface area (Å²) in [6, 6.07) is 9.71. The number of hydrogen-bond donors (Lipinski definition) is 1. The second-order valence-electron chi connectivity index (χ2n) is 5.64. The molecule has 6 nitrogen and oxygen atoms in total. The van der Waals surface area contributed by atoms with E-state index in [-0.39, 0.29) is 12.4 Å². The summed E-state index contributed by atoms with van der Waals surface area (Å²) in [6.07, 6.45) is 0.824. The van der Waals surface area contributed by atoms with Gasteiger partial charge in [0.25, 0.3) is 0 Å². The average molecular weight is 398 g/mol. The first kappa shape index (κ1) is 22.7. The Morgan fingerprint density at radius 1 is 0.741 bits per heavy atom. The molecule has 0 saturated heterocycles. The highest BCUT2D eigenvalue weighted by Gasteiger charge is 2.13. The first-order chi connectivity index (χ1) is 12.7. The first-order valence-corrected chi connectivity index (χ1v) is 8.37. The van der Waals surface area contributed by atoms with E-state index in [1.165, 1.54) is 0 Å².